The van der Waals surface area contributed by atoms with Gasteiger partial charge in [-0.05, 0) is 31.7 Å². The lowest BCUT2D eigenvalue weighted by molar-refractivity contribution is -0.237. The van der Waals surface area contributed by atoms with Crippen LogP contribution in [0.3, 0.4) is 0 Å². The third-order valence-corrected chi connectivity index (χ3v) is 4.06. The molecule has 0 saturated carbocycles. The van der Waals surface area contributed by atoms with E-state index < -0.39 is 5.79 Å². The van der Waals surface area contributed by atoms with Gasteiger partial charge >= 0.3 is 0 Å². The van der Waals surface area contributed by atoms with Crippen molar-refractivity contribution in [2.75, 3.05) is 13.2 Å². The maximum atomic E-state index is 6.17. The van der Waals surface area contributed by atoms with Crippen LogP contribution in [0.4, 0.5) is 0 Å². The summed E-state index contributed by atoms with van der Waals surface area (Å²) in [6, 6.07) is 10.3. The molecule has 3 nitrogen and oxygen atoms in total. The zero-order valence-corrected chi connectivity index (χ0v) is 13.7. The van der Waals surface area contributed by atoms with E-state index in [1.165, 1.54) is 5.56 Å². The van der Waals surface area contributed by atoms with Crippen LogP contribution in [0, 0.1) is 11.8 Å². The highest BCUT2D eigenvalue weighted by Gasteiger charge is 2.34. The summed E-state index contributed by atoms with van der Waals surface area (Å²) in [5.74, 6) is 0.343. The Morgan fingerprint density at radius 1 is 1.29 bits per heavy atom. The fourth-order valence-corrected chi connectivity index (χ4v) is 2.84. The first-order chi connectivity index (χ1) is 9.98. The van der Waals surface area contributed by atoms with Crippen LogP contribution in [0.1, 0.15) is 39.7 Å². The van der Waals surface area contributed by atoms with Gasteiger partial charge in [0.2, 0.25) is 0 Å². The summed E-state index contributed by atoms with van der Waals surface area (Å²) >= 11 is 0. The summed E-state index contributed by atoms with van der Waals surface area (Å²) < 4.78 is 17.8. The van der Waals surface area contributed by atoms with E-state index in [0.29, 0.717) is 25.0 Å². The van der Waals surface area contributed by atoms with Crippen molar-refractivity contribution in [3.05, 3.63) is 35.9 Å². The van der Waals surface area contributed by atoms with Crippen molar-refractivity contribution in [3.8, 4) is 0 Å². The molecule has 2 rings (SSSR count). The number of benzene rings is 1. The van der Waals surface area contributed by atoms with Crippen LogP contribution in [0.2, 0.25) is 0 Å². The van der Waals surface area contributed by atoms with Crippen LogP contribution in [0.25, 0.3) is 0 Å². The average molecular weight is 292 g/mol. The largest absolute Gasteiger partial charge is 0.376 e. The quantitative estimate of drug-likeness (QED) is 0.820. The predicted molar refractivity (Wildman–Crippen MR) is 83.9 cm³/mol. The highest BCUT2D eigenvalue weighted by molar-refractivity contribution is 5.13. The van der Waals surface area contributed by atoms with Gasteiger partial charge in [-0.2, -0.15) is 0 Å². The van der Waals surface area contributed by atoms with E-state index in [1.807, 2.05) is 32.0 Å². The van der Waals surface area contributed by atoms with E-state index in [9.17, 15) is 0 Å². The monoisotopic (exact) mass is 292 g/mol. The molecule has 21 heavy (non-hydrogen) atoms. The Hall–Kier alpha value is -0.900. The van der Waals surface area contributed by atoms with Crippen molar-refractivity contribution in [1.29, 1.82) is 0 Å². The van der Waals surface area contributed by atoms with Crippen molar-refractivity contribution in [3.63, 3.8) is 0 Å². The molecule has 1 fully saturated rings. The summed E-state index contributed by atoms with van der Waals surface area (Å²) in [6.07, 6.45) is 1.22. The molecule has 0 radical (unpaired) electrons. The topological polar surface area (TPSA) is 27.7 Å². The Morgan fingerprint density at radius 2 is 2.00 bits per heavy atom. The SMILES string of the molecule is C[C@@H]1CCOC(C)(C)O[C@@H]1[C@@H](C)COCc1ccccc1. The maximum absolute atomic E-state index is 6.17. The van der Waals surface area contributed by atoms with Crippen molar-refractivity contribution in [1.82, 2.24) is 0 Å². The van der Waals surface area contributed by atoms with Crippen LogP contribution >= 0.6 is 0 Å². The van der Waals surface area contributed by atoms with Crippen LogP contribution in [0.5, 0.6) is 0 Å². The van der Waals surface area contributed by atoms with Gasteiger partial charge in [0, 0.05) is 5.92 Å². The number of hydrogen-bond donors (Lipinski definition) is 0. The molecule has 0 aromatic heterocycles. The van der Waals surface area contributed by atoms with Crippen molar-refractivity contribution < 1.29 is 14.2 Å². The molecule has 1 aromatic carbocycles. The van der Waals surface area contributed by atoms with Gasteiger partial charge in [0.1, 0.15) is 0 Å². The first-order valence-corrected chi connectivity index (χ1v) is 7.91. The lowest BCUT2D eigenvalue weighted by atomic mass is 9.91. The number of hydrogen-bond acceptors (Lipinski definition) is 3. The van der Waals surface area contributed by atoms with Crippen LogP contribution in [-0.4, -0.2) is 25.1 Å². The second kappa shape index (κ2) is 7.39. The van der Waals surface area contributed by atoms with Crippen molar-refractivity contribution >= 4 is 0 Å². The van der Waals surface area contributed by atoms with E-state index in [2.05, 4.69) is 26.0 Å². The minimum absolute atomic E-state index is 0.179. The molecular weight excluding hydrogens is 264 g/mol. The van der Waals surface area contributed by atoms with Crippen molar-refractivity contribution in [2.45, 2.75) is 52.6 Å². The molecule has 0 unspecified atom stereocenters. The highest BCUT2D eigenvalue weighted by Crippen LogP contribution is 2.30. The van der Waals surface area contributed by atoms with Crippen LogP contribution in [0.15, 0.2) is 30.3 Å². The molecule has 0 bridgehead atoms. The van der Waals surface area contributed by atoms with E-state index in [0.717, 1.165) is 13.0 Å². The minimum atomic E-state index is -0.497. The molecule has 1 aliphatic heterocycles. The summed E-state index contributed by atoms with van der Waals surface area (Å²) in [5.41, 5.74) is 1.21. The van der Waals surface area contributed by atoms with E-state index >= 15 is 0 Å². The first-order valence-electron chi connectivity index (χ1n) is 7.91. The van der Waals surface area contributed by atoms with Gasteiger partial charge < -0.3 is 14.2 Å². The van der Waals surface area contributed by atoms with Crippen LogP contribution < -0.4 is 0 Å². The molecule has 0 N–H and O–H groups in total. The zero-order valence-electron chi connectivity index (χ0n) is 13.7. The average Bonchev–Trinajstić information content (AvgIpc) is 2.58. The standard InChI is InChI=1S/C18H28O3/c1-14-10-11-20-18(3,4)21-17(14)15(2)12-19-13-16-8-6-5-7-9-16/h5-9,14-15,17H,10-13H2,1-4H3/t14-,15+,17+/m1/s1. The first kappa shape index (κ1) is 16.5. The minimum Gasteiger partial charge on any atom is -0.376 e. The van der Waals surface area contributed by atoms with Crippen LogP contribution in [-0.2, 0) is 20.8 Å². The van der Waals surface area contributed by atoms with E-state index in [-0.39, 0.29) is 6.10 Å². The molecule has 1 aliphatic rings. The molecule has 0 aliphatic carbocycles. The van der Waals surface area contributed by atoms with Gasteiger partial charge in [-0.15, -0.1) is 0 Å². The molecule has 1 aromatic rings. The predicted octanol–water partition coefficient (Wildman–Crippen LogP) is 4.02. The fraction of sp³-hybridized carbons (Fsp3) is 0.667. The normalized spacial score (nSPS) is 27.0. The smallest absolute Gasteiger partial charge is 0.163 e. The van der Waals surface area contributed by atoms with Gasteiger partial charge in [-0.25, -0.2) is 0 Å². The van der Waals surface area contributed by atoms with Gasteiger partial charge in [-0.3, -0.25) is 0 Å². The van der Waals surface area contributed by atoms with Crippen molar-refractivity contribution in [2.24, 2.45) is 11.8 Å². The third kappa shape index (κ3) is 5.10. The molecule has 1 heterocycles. The van der Waals surface area contributed by atoms with Gasteiger partial charge in [0.25, 0.3) is 0 Å². The highest BCUT2D eigenvalue weighted by atomic mass is 16.7. The summed E-state index contributed by atoms with van der Waals surface area (Å²) in [4.78, 5) is 0. The Labute approximate surface area is 128 Å². The summed E-state index contributed by atoms with van der Waals surface area (Å²) in [5, 5.41) is 0. The Kier molecular flexibility index (Phi) is 5.80. The second-order valence-electron chi connectivity index (χ2n) is 6.57. The Balaban J connectivity index is 1.84. The van der Waals surface area contributed by atoms with E-state index in [4.69, 9.17) is 14.2 Å². The van der Waals surface area contributed by atoms with Gasteiger partial charge in [0.05, 0.1) is 25.9 Å². The molecule has 0 spiro atoms. The maximum Gasteiger partial charge on any atom is 0.163 e. The Bertz CT molecular complexity index is 416. The molecule has 1 saturated heterocycles. The number of ether oxygens (including phenoxy) is 3. The van der Waals surface area contributed by atoms with E-state index in [1.54, 1.807) is 0 Å². The zero-order chi connectivity index (χ0) is 15.3. The molecule has 0 amide bonds. The van der Waals surface area contributed by atoms with Gasteiger partial charge in [0.15, 0.2) is 5.79 Å². The molecule has 3 atom stereocenters. The van der Waals surface area contributed by atoms with Gasteiger partial charge in [-0.1, -0.05) is 44.2 Å². The summed E-state index contributed by atoms with van der Waals surface area (Å²) in [6.45, 7) is 10.6. The second-order valence-corrected chi connectivity index (χ2v) is 6.57. The molecule has 118 valence electrons. The lowest BCUT2D eigenvalue weighted by Crippen LogP contribution is -2.38. The molecular formula is C18H28O3. The Morgan fingerprint density at radius 3 is 2.71 bits per heavy atom. The third-order valence-electron chi connectivity index (χ3n) is 4.06. The fourth-order valence-electron chi connectivity index (χ4n) is 2.84. The lowest BCUT2D eigenvalue weighted by Gasteiger charge is -2.33. The summed E-state index contributed by atoms with van der Waals surface area (Å²) in [7, 11) is 0. The molecule has 3 heteroatoms. The number of rotatable bonds is 5.